The quantitative estimate of drug-likeness (QED) is 0.887. The second-order valence-electron chi connectivity index (χ2n) is 5.69. The lowest BCUT2D eigenvalue weighted by Gasteiger charge is -2.28. The van der Waals surface area contributed by atoms with E-state index in [9.17, 15) is 4.79 Å². The smallest absolute Gasteiger partial charge is 0.347 e. The number of nitrogens with zero attached hydrogens (tertiary/aromatic N) is 2. The van der Waals surface area contributed by atoms with Crippen molar-refractivity contribution in [1.82, 2.24) is 14.9 Å². The molecule has 0 aliphatic carbocycles. The predicted molar refractivity (Wildman–Crippen MR) is 82.5 cm³/mol. The number of hydrogen-bond acceptors (Lipinski definition) is 5. The Hall–Kier alpha value is -2.08. The van der Waals surface area contributed by atoms with Gasteiger partial charge < -0.3 is 20.4 Å². The van der Waals surface area contributed by atoms with Crippen LogP contribution in [0.2, 0.25) is 0 Å². The summed E-state index contributed by atoms with van der Waals surface area (Å²) < 4.78 is 5.87. The van der Waals surface area contributed by atoms with Crippen molar-refractivity contribution in [3.63, 3.8) is 0 Å². The minimum absolute atomic E-state index is 0.246. The van der Waals surface area contributed by atoms with Crippen LogP contribution in [0.3, 0.4) is 0 Å². The van der Waals surface area contributed by atoms with Crippen LogP contribution in [0, 0.1) is 5.92 Å². The van der Waals surface area contributed by atoms with Crippen molar-refractivity contribution < 1.29 is 4.74 Å². The van der Waals surface area contributed by atoms with E-state index in [1.807, 2.05) is 18.2 Å². The standard InChI is InChI=1S/C15H20N4O2/c1-19-6-4-10(5-7-19)9-21-11-2-3-12-13(8-11)17-15(20)18-14(12)16/h2-3,8,10H,4-7,9H2,1H3,(H3,16,17,18,20). The summed E-state index contributed by atoms with van der Waals surface area (Å²) in [7, 11) is 2.15. The molecule has 6 nitrogen and oxygen atoms in total. The second-order valence-corrected chi connectivity index (χ2v) is 5.69. The molecule has 6 heteroatoms. The van der Waals surface area contributed by atoms with Crippen molar-refractivity contribution >= 4 is 16.7 Å². The van der Waals surface area contributed by atoms with Gasteiger partial charge in [-0.15, -0.1) is 0 Å². The lowest BCUT2D eigenvalue weighted by Crippen LogP contribution is -2.32. The summed E-state index contributed by atoms with van der Waals surface area (Å²) >= 11 is 0. The average Bonchev–Trinajstić information content (AvgIpc) is 2.46. The minimum atomic E-state index is -0.438. The Kier molecular flexibility index (Phi) is 3.79. The number of benzene rings is 1. The molecular formula is C15H20N4O2. The maximum absolute atomic E-state index is 11.4. The summed E-state index contributed by atoms with van der Waals surface area (Å²) in [5.41, 5.74) is 5.96. The molecule has 0 spiro atoms. The third-order valence-electron chi connectivity index (χ3n) is 4.05. The molecule has 0 unspecified atom stereocenters. The number of ether oxygens (including phenoxy) is 1. The maximum Gasteiger partial charge on any atom is 0.347 e. The fraction of sp³-hybridized carbons (Fsp3) is 0.467. The second kappa shape index (κ2) is 5.73. The van der Waals surface area contributed by atoms with Crippen LogP contribution in [0.5, 0.6) is 5.75 Å². The fourth-order valence-corrected chi connectivity index (χ4v) is 2.70. The van der Waals surface area contributed by atoms with E-state index in [-0.39, 0.29) is 5.82 Å². The van der Waals surface area contributed by atoms with Gasteiger partial charge in [0.2, 0.25) is 0 Å². The van der Waals surface area contributed by atoms with Crippen LogP contribution in [0.25, 0.3) is 10.9 Å². The van der Waals surface area contributed by atoms with Gasteiger partial charge in [-0.25, -0.2) is 4.79 Å². The molecule has 0 saturated carbocycles. The zero-order valence-electron chi connectivity index (χ0n) is 12.1. The third kappa shape index (κ3) is 3.16. The number of aromatic amines is 1. The number of nitrogen functional groups attached to an aromatic ring is 1. The first-order valence-electron chi connectivity index (χ1n) is 7.23. The molecular weight excluding hydrogens is 268 g/mol. The number of anilines is 1. The van der Waals surface area contributed by atoms with Gasteiger partial charge in [0.1, 0.15) is 11.6 Å². The molecule has 2 aromatic rings. The summed E-state index contributed by atoms with van der Waals surface area (Å²) in [6.45, 7) is 2.96. The maximum atomic E-state index is 11.4. The van der Waals surface area contributed by atoms with Crippen LogP contribution < -0.4 is 16.2 Å². The van der Waals surface area contributed by atoms with Crippen molar-refractivity contribution in [3.8, 4) is 5.75 Å². The highest BCUT2D eigenvalue weighted by atomic mass is 16.5. The van der Waals surface area contributed by atoms with Gasteiger partial charge in [0.25, 0.3) is 0 Å². The van der Waals surface area contributed by atoms with E-state index in [2.05, 4.69) is 21.9 Å². The van der Waals surface area contributed by atoms with Crippen molar-refractivity contribution in [3.05, 3.63) is 28.7 Å². The molecule has 0 atom stereocenters. The van der Waals surface area contributed by atoms with E-state index >= 15 is 0 Å². The first-order chi connectivity index (χ1) is 10.1. The van der Waals surface area contributed by atoms with E-state index in [0.29, 0.717) is 18.0 Å². The van der Waals surface area contributed by atoms with E-state index < -0.39 is 5.69 Å². The highest BCUT2D eigenvalue weighted by molar-refractivity contribution is 5.88. The molecule has 1 aliphatic rings. The average molecular weight is 288 g/mol. The van der Waals surface area contributed by atoms with Crippen molar-refractivity contribution in [2.45, 2.75) is 12.8 Å². The van der Waals surface area contributed by atoms with E-state index in [0.717, 1.165) is 37.1 Å². The zero-order valence-corrected chi connectivity index (χ0v) is 12.1. The number of aromatic nitrogens is 2. The van der Waals surface area contributed by atoms with Gasteiger partial charge in [0, 0.05) is 11.5 Å². The topological polar surface area (TPSA) is 84.2 Å². The summed E-state index contributed by atoms with van der Waals surface area (Å²) in [5.74, 6) is 1.59. The van der Waals surface area contributed by atoms with Crippen molar-refractivity contribution in [2.75, 3.05) is 32.5 Å². The lowest BCUT2D eigenvalue weighted by atomic mass is 9.98. The summed E-state index contributed by atoms with van der Waals surface area (Å²) in [4.78, 5) is 20.1. The van der Waals surface area contributed by atoms with E-state index in [4.69, 9.17) is 10.5 Å². The number of piperidine rings is 1. The number of hydrogen-bond donors (Lipinski definition) is 2. The van der Waals surface area contributed by atoms with Crippen LogP contribution in [0.4, 0.5) is 5.82 Å². The molecule has 1 aromatic heterocycles. The Morgan fingerprint density at radius 2 is 2.19 bits per heavy atom. The van der Waals surface area contributed by atoms with Gasteiger partial charge in [0.05, 0.1) is 12.1 Å². The van der Waals surface area contributed by atoms with Crippen LogP contribution in [0.1, 0.15) is 12.8 Å². The van der Waals surface area contributed by atoms with Crippen molar-refractivity contribution in [2.24, 2.45) is 5.92 Å². The largest absolute Gasteiger partial charge is 0.493 e. The molecule has 3 rings (SSSR count). The van der Waals surface area contributed by atoms with Gasteiger partial charge in [0.15, 0.2) is 0 Å². The molecule has 0 bridgehead atoms. The normalized spacial score (nSPS) is 17.2. The third-order valence-corrected chi connectivity index (χ3v) is 4.05. The van der Waals surface area contributed by atoms with Crippen molar-refractivity contribution in [1.29, 1.82) is 0 Å². The van der Waals surface area contributed by atoms with E-state index in [1.165, 1.54) is 0 Å². The van der Waals surface area contributed by atoms with Crippen LogP contribution in [-0.2, 0) is 0 Å². The monoisotopic (exact) mass is 288 g/mol. The Bertz CT molecular complexity index is 690. The summed E-state index contributed by atoms with van der Waals surface area (Å²) in [6.07, 6.45) is 2.33. The van der Waals surface area contributed by atoms with Gasteiger partial charge in [-0.3, -0.25) is 0 Å². The number of rotatable bonds is 3. The zero-order chi connectivity index (χ0) is 14.8. The lowest BCUT2D eigenvalue weighted by molar-refractivity contribution is 0.160. The number of nitrogens with two attached hydrogens (primary N) is 1. The SMILES string of the molecule is CN1CCC(COc2ccc3c(N)nc(=O)[nH]c3c2)CC1. The van der Waals surface area contributed by atoms with Crippen LogP contribution in [-0.4, -0.2) is 41.6 Å². The molecule has 1 fully saturated rings. The summed E-state index contributed by atoms with van der Waals surface area (Å²) in [6, 6.07) is 5.51. The molecule has 0 radical (unpaired) electrons. The molecule has 1 saturated heterocycles. The first kappa shape index (κ1) is 13.9. The fourth-order valence-electron chi connectivity index (χ4n) is 2.70. The van der Waals surface area contributed by atoms with Gasteiger partial charge >= 0.3 is 5.69 Å². The Morgan fingerprint density at radius 1 is 1.43 bits per heavy atom. The highest BCUT2D eigenvalue weighted by Gasteiger charge is 2.17. The Labute approximate surface area is 122 Å². The van der Waals surface area contributed by atoms with E-state index in [1.54, 1.807) is 0 Å². The molecule has 2 heterocycles. The van der Waals surface area contributed by atoms with Gasteiger partial charge in [-0.1, -0.05) is 0 Å². The molecule has 1 aromatic carbocycles. The minimum Gasteiger partial charge on any atom is -0.493 e. The van der Waals surface area contributed by atoms with Gasteiger partial charge in [-0.05, 0) is 51.0 Å². The number of likely N-dealkylation sites (tertiary alicyclic amines) is 1. The van der Waals surface area contributed by atoms with Crippen LogP contribution >= 0.6 is 0 Å². The molecule has 1 aliphatic heterocycles. The molecule has 0 amide bonds. The molecule has 112 valence electrons. The predicted octanol–water partition coefficient (Wildman–Crippen LogP) is 1.23. The number of nitrogens with one attached hydrogen (secondary N) is 1. The summed E-state index contributed by atoms with van der Waals surface area (Å²) in [5, 5.41) is 0.737. The molecule has 21 heavy (non-hydrogen) atoms. The molecule has 3 N–H and O–H groups in total. The highest BCUT2D eigenvalue weighted by Crippen LogP contribution is 2.23. The Balaban J connectivity index is 1.71. The Morgan fingerprint density at radius 3 is 2.95 bits per heavy atom. The van der Waals surface area contributed by atoms with Crippen LogP contribution in [0.15, 0.2) is 23.0 Å². The first-order valence-corrected chi connectivity index (χ1v) is 7.23. The number of fused-ring (bicyclic) bond motifs is 1. The van der Waals surface area contributed by atoms with Gasteiger partial charge in [-0.2, -0.15) is 4.98 Å². The number of H-pyrrole nitrogens is 1.